The molecule has 0 spiro atoms. The lowest BCUT2D eigenvalue weighted by atomic mass is 9.92. The third-order valence-corrected chi connectivity index (χ3v) is 10.9. The van der Waals surface area contributed by atoms with Gasteiger partial charge in [0.05, 0.1) is 28.7 Å². The van der Waals surface area contributed by atoms with E-state index in [0.29, 0.717) is 0 Å². The van der Waals surface area contributed by atoms with Crippen LogP contribution in [0.25, 0.3) is 0 Å². The summed E-state index contributed by atoms with van der Waals surface area (Å²) in [6, 6.07) is 13.6. The molecule has 2 aromatic carbocycles. The van der Waals surface area contributed by atoms with Gasteiger partial charge >= 0.3 is 0 Å². The largest absolute Gasteiger partial charge is 0.390 e. The van der Waals surface area contributed by atoms with Crippen LogP contribution in [0.15, 0.2) is 53.4 Å². The maximum absolute atomic E-state index is 13.3. The summed E-state index contributed by atoms with van der Waals surface area (Å²) < 4.78 is 53.4. The smallest absolute Gasteiger partial charge is 0.242 e. The number of nitrogens with zero attached hydrogens (tertiary/aromatic N) is 2. The van der Waals surface area contributed by atoms with Crippen LogP contribution in [0.2, 0.25) is 0 Å². The predicted octanol–water partition coefficient (Wildman–Crippen LogP) is 1.80. The maximum atomic E-state index is 13.3. The van der Waals surface area contributed by atoms with Gasteiger partial charge in [0.2, 0.25) is 26.0 Å². The van der Waals surface area contributed by atoms with Crippen LogP contribution in [-0.4, -0.2) is 82.0 Å². The number of carbonyl (C=O) groups is 1. The van der Waals surface area contributed by atoms with E-state index in [-0.39, 0.29) is 23.6 Å². The Morgan fingerprint density at radius 1 is 0.974 bits per heavy atom. The van der Waals surface area contributed by atoms with Gasteiger partial charge in [0.15, 0.2) is 0 Å². The third-order valence-electron chi connectivity index (χ3n) is 7.03. The number of aliphatic hydroxyl groups is 1. The lowest BCUT2D eigenvalue weighted by Crippen LogP contribution is -2.51. The van der Waals surface area contributed by atoms with Gasteiger partial charge in [-0.3, -0.25) is 4.79 Å². The van der Waals surface area contributed by atoms with Crippen molar-refractivity contribution in [2.24, 2.45) is 5.92 Å². The van der Waals surface area contributed by atoms with Crippen molar-refractivity contribution in [1.82, 2.24) is 13.9 Å². The van der Waals surface area contributed by atoms with Crippen LogP contribution in [0, 0.1) is 5.92 Å². The third kappa shape index (κ3) is 7.63. The van der Waals surface area contributed by atoms with E-state index in [0.717, 1.165) is 45.4 Å². The Balaban J connectivity index is 1.77. The van der Waals surface area contributed by atoms with Gasteiger partial charge in [-0.1, -0.05) is 43.3 Å². The fraction of sp³-hybridized carbons (Fsp3) is 0.519. The fourth-order valence-electron chi connectivity index (χ4n) is 4.56. The molecule has 0 radical (unpaired) electrons. The number of carbonyl (C=O) groups excluding carboxylic acids is 1. The first-order chi connectivity index (χ1) is 17.8. The highest BCUT2D eigenvalue weighted by Crippen LogP contribution is 2.25. The molecule has 0 unspecified atom stereocenters. The molecule has 1 aliphatic rings. The van der Waals surface area contributed by atoms with Gasteiger partial charge in [0.25, 0.3) is 0 Å². The molecule has 0 saturated carbocycles. The molecule has 2 aromatic rings. The summed E-state index contributed by atoms with van der Waals surface area (Å²) in [6.45, 7) is 1.26. The highest BCUT2D eigenvalue weighted by atomic mass is 32.2. The first kappa shape index (κ1) is 30.2. The van der Waals surface area contributed by atoms with Gasteiger partial charge < -0.3 is 10.4 Å². The number of fused-ring (bicyclic) bond motifs is 1. The Kier molecular flexibility index (Phi) is 10.1. The monoisotopic (exact) mass is 565 g/mol. The summed E-state index contributed by atoms with van der Waals surface area (Å²) in [7, 11) is -3.27. The van der Waals surface area contributed by atoms with Gasteiger partial charge in [-0.05, 0) is 60.9 Å². The number of nitrogens with one attached hydrogen (secondary N) is 1. The normalized spacial score (nSPS) is 16.6. The molecule has 0 aromatic heterocycles. The number of aryl methyl sites for hydroxylation is 2. The van der Waals surface area contributed by atoms with Crippen molar-refractivity contribution >= 4 is 26.0 Å². The topological polar surface area (TPSA) is 124 Å². The molecule has 0 saturated heterocycles. The van der Waals surface area contributed by atoms with E-state index in [1.165, 1.54) is 33.6 Å². The number of hydrogen-bond donors (Lipinski definition) is 2. The second-order valence-electron chi connectivity index (χ2n) is 10.3. The number of likely N-dealkylation sites (N-methyl/N-ethyl adjacent to an activating group) is 1. The zero-order valence-corrected chi connectivity index (χ0v) is 24.1. The van der Waals surface area contributed by atoms with E-state index in [9.17, 15) is 26.7 Å². The number of benzene rings is 2. The van der Waals surface area contributed by atoms with Crippen LogP contribution in [0.4, 0.5) is 0 Å². The Morgan fingerprint density at radius 3 is 2.24 bits per heavy atom. The second kappa shape index (κ2) is 12.7. The Morgan fingerprint density at radius 2 is 1.61 bits per heavy atom. The van der Waals surface area contributed by atoms with E-state index in [4.69, 9.17) is 0 Å². The predicted molar refractivity (Wildman–Crippen MR) is 148 cm³/mol. The van der Waals surface area contributed by atoms with E-state index >= 15 is 0 Å². The van der Waals surface area contributed by atoms with Crippen LogP contribution in [0.3, 0.4) is 0 Å². The summed E-state index contributed by atoms with van der Waals surface area (Å²) >= 11 is 0. The molecule has 210 valence electrons. The molecule has 0 aliphatic heterocycles. The minimum absolute atomic E-state index is 0.180. The Hall–Kier alpha value is -2.31. The first-order valence-electron chi connectivity index (χ1n) is 12.8. The van der Waals surface area contributed by atoms with Crippen molar-refractivity contribution in [3.63, 3.8) is 0 Å². The van der Waals surface area contributed by atoms with E-state index in [1.807, 2.05) is 36.4 Å². The first-order valence-corrected chi connectivity index (χ1v) is 15.9. The van der Waals surface area contributed by atoms with Crippen molar-refractivity contribution in [3.8, 4) is 0 Å². The maximum Gasteiger partial charge on any atom is 0.242 e. The van der Waals surface area contributed by atoms with Crippen molar-refractivity contribution in [1.29, 1.82) is 0 Å². The molecule has 0 heterocycles. The molecule has 0 fully saturated rings. The van der Waals surface area contributed by atoms with Gasteiger partial charge in [-0.15, -0.1) is 0 Å². The lowest BCUT2D eigenvalue weighted by Gasteiger charge is -2.29. The molecular weight excluding hydrogens is 526 g/mol. The highest BCUT2D eigenvalue weighted by molar-refractivity contribution is 7.89. The van der Waals surface area contributed by atoms with Crippen LogP contribution in [-0.2, 0) is 44.1 Å². The summed E-state index contributed by atoms with van der Waals surface area (Å²) in [5, 5.41) is 13.9. The zero-order chi connectivity index (χ0) is 28.1. The Labute approximate surface area is 227 Å². The molecule has 1 aliphatic carbocycles. The number of rotatable bonds is 12. The van der Waals surface area contributed by atoms with Crippen molar-refractivity contribution < 1.29 is 26.7 Å². The molecule has 3 rings (SSSR count). The average molecular weight is 566 g/mol. The summed E-state index contributed by atoms with van der Waals surface area (Å²) in [5.41, 5.74) is 3.06. The molecule has 38 heavy (non-hydrogen) atoms. The molecule has 2 N–H and O–H groups in total. The van der Waals surface area contributed by atoms with Crippen molar-refractivity contribution in [2.45, 2.75) is 56.1 Å². The molecule has 1 amide bonds. The van der Waals surface area contributed by atoms with Crippen LogP contribution < -0.4 is 5.32 Å². The van der Waals surface area contributed by atoms with Gasteiger partial charge in [-0.2, -0.15) is 4.31 Å². The molecule has 9 nitrogen and oxygen atoms in total. The van der Waals surface area contributed by atoms with E-state index in [1.54, 1.807) is 12.1 Å². The van der Waals surface area contributed by atoms with E-state index in [2.05, 4.69) is 5.32 Å². The summed E-state index contributed by atoms with van der Waals surface area (Å²) in [4.78, 5) is 13.1. The van der Waals surface area contributed by atoms with Gasteiger partial charge in [0.1, 0.15) is 0 Å². The standard InChI is InChI=1S/C27H39N3O6S2/c1-20(19-37(33,34)29(2)3)27(32)28-25(16-21-10-6-5-7-11-21)26(31)18-30(4)38(35,36)24-15-14-22-12-8-9-13-23(22)17-24/h5-7,10-11,14-15,17,20,25-26,31H,8-9,12-13,16,18-19H2,1-4H3,(H,28,32)/t20-,25+,26-/m1/s1. The van der Waals surface area contributed by atoms with Crippen molar-refractivity contribution in [2.75, 3.05) is 33.4 Å². The number of hydrogen-bond acceptors (Lipinski definition) is 6. The minimum atomic E-state index is -3.88. The minimum Gasteiger partial charge on any atom is -0.390 e. The lowest BCUT2D eigenvalue weighted by molar-refractivity contribution is -0.125. The Bertz CT molecular complexity index is 1310. The van der Waals surface area contributed by atoms with Crippen molar-refractivity contribution in [3.05, 3.63) is 65.2 Å². The number of amides is 1. The average Bonchev–Trinajstić information content (AvgIpc) is 2.88. The second-order valence-corrected chi connectivity index (χ2v) is 14.5. The SMILES string of the molecule is C[C@H](CS(=O)(=O)N(C)C)C(=O)N[C@@H](Cc1ccccc1)[C@H](O)CN(C)S(=O)(=O)c1ccc2c(c1)CCCC2. The van der Waals surface area contributed by atoms with Crippen LogP contribution >= 0.6 is 0 Å². The summed E-state index contributed by atoms with van der Waals surface area (Å²) in [6.07, 6.45) is 2.92. The highest BCUT2D eigenvalue weighted by Gasteiger charge is 2.31. The molecular formula is C27H39N3O6S2. The van der Waals surface area contributed by atoms with E-state index < -0.39 is 44.0 Å². The molecule has 11 heteroatoms. The van der Waals surface area contributed by atoms with Gasteiger partial charge in [0, 0.05) is 27.7 Å². The number of aliphatic hydroxyl groups excluding tert-OH is 1. The van der Waals surface area contributed by atoms with Crippen LogP contribution in [0.1, 0.15) is 36.5 Å². The fourth-order valence-corrected chi connectivity index (χ4v) is 6.88. The molecule has 0 bridgehead atoms. The number of sulfonamides is 2. The zero-order valence-electron chi connectivity index (χ0n) is 22.5. The van der Waals surface area contributed by atoms with Gasteiger partial charge in [-0.25, -0.2) is 21.1 Å². The van der Waals surface area contributed by atoms with Crippen LogP contribution in [0.5, 0.6) is 0 Å². The molecule has 3 atom stereocenters. The summed E-state index contributed by atoms with van der Waals surface area (Å²) in [5.74, 6) is -1.78. The quantitative estimate of drug-likeness (QED) is 0.405.